The van der Waals surface area contributed by atoms with Gasteiger partial charge in [-0.2, -0.15) is 0 Å². The van der Waals surface area contributed by atoms with Crippen molar-refractivity contribution in [3.8, 4) is 0 Å². The standard InChI is InChI=1S/C13H23F/c14-13(11-7-3-1-4-8-11)12-9-5-2-6-10-12/h11-13H,1-10H2/i14-1. The molecular formula is C13H23F. The summed E-state index contributed by atoms with van der Waals surface area (Å²) >= 11 is 0. The van der Waals surface area contributed by atoms with E-state index in [9.17, 15) is 4.39 Å². The molecule has 0 saturated heterocycles. The average Bonchev–Trinajstić information content (AvgIpc) is 2.30. The SMILES string of the molecule is [18F]C(C1CCCCC1)C1CCCCC1. The fourth-order valence-electron chi connectivity index (χ4n) is 3.29. The molecule has 0 aromatic carbocycles. The Hall–Kier alpha value is -0.0700. The van der Waals surface area contributed by atoms with Gasteiger partial charge in [-0.1, -0.05) is 38.5 Å². The van der Waals surface area contributed by atoms with Crippen molar-refractivity contribution in [2.75, 3.05) is 0 Å². The summed E-state index contributed by atoms with van der Waals surface area (Å²) in [5.41, 5.74) is 0. The molecule has 0 atom stereocenters. The first kappa shape index (κ1) is 10.4. The summed E-state index contributed by atoms with van der Waals surface area (Å²) in [6, 6.07) is 0. The van der Waals surface area contributed by atoms with E-state index in [2.05, 4.69) is 0 Å². The lowest BCUT2D eigenvalue weighted by atomic mass is 9.76. The van der Waals surface area contributed by atoms with Crippen LogP contribution in [0.15, 0.2) is 0 Å². The molecule has 0 unspecified atom stereocenters. The Balaban J connectivity index is 1.82. The van der Waals surface area contributed by atoms with E-state index in [4.69, 9.17) is 0 Å². The van der Waals surface area contributed by atoms with Crippen LogP contribution in [-0.4, -0.2) is 6.17 Å². The van der Waals surface area contributed by atoms with Gasteiger partial charge in [0.05, 0.1) is 0 Å². The molecule has 0 aliphatic heterocycles. The van der Waals surface area contributed by atoms with Gasteiger partial charge < -0.3 is 0 Å². The van der Waals surface area contributed by atoms with Gasteiger partial charge in [-0.25, -0.2) is 4.39 Å². The lowest BCUT2D eigenvalue weighted by molar-refractivity contribution is 0.0955. The predicted molar refractivity (Wildman–Crippen MR) is 58.0 cm³/mol. The fraction of sp³-hybridized carbons (Fsp3) is 1.00. The highest BCUT2D eigenvalue weighted by atomic mass is 18.2. The second-order valence-electron chi connectivity index (χ2n) is 5.24. The number of hydrogen-bond acceptors (Lipinski definition) is 0. The molecule has 0 aromatic heterocycles. The number of rotatable bonds is 2. The van der Waals surface area contributed by atoms with Crippen LogP contribution < -0.4 is 0 Å². The van der Waals surface area contributed by atoms with E-state index in [-0.39, 0.29) is 0 Å². The molecule has 0 aromatic rings. The van der Waals surface area contributed by atoms with E-state index < -0.39 is 6.17 Å². The highest BCUT2D eigenvalue weighted by molar-refractivity contribution is 4.81. The van der Waals surface area contributed by atoms with Crippen LogP contribution >= 0.6 is 0 Å². The normalized spacial score (nSPS) is 27.0. The van der Waals surface area contributed by atoms with Crippen molar-refractivity contribution in [1.82, 2.24) is 0 Å². The lowest BCUT2D eigenvalue weighted by Gasteiger charge is -2.32. The minimum absolute atomic E-state index is 0.423. The summed E-state index contributed by atoms with van der Waals surface area (Å²) in [6.45, 7) is 0. The zero-order chi connectivity index (χ0) is 9.80. The van der Waals surface area contributed by atoms with Gasteiger partial charge >= 0.3 is 0 Å². The largest absolute Gasteiger partial charge is 0.247 e. The number of halogens is 1. The van der Waals surface area contributed by atoms with E-state index in [0.717, 1.165) is 25.7 Å². The maximum Gasteiger partial charge on any atom is 0.106 e. The molecule has 2 aliphatic carbocycles. The Labute approximate surface area is 87.3 Å². The Morgan fingerprint density at radius 2 is 1.00 bits per heavy atom. The third kappa shape index (κ3) is 2.49. The monoisotopic (exact) mass is 197 g/mol. The number of hydrogen-bond donors (Lipinski definition) is 0. The molecule has 2 aliphatic rings. The maximum absolute atomic E-state index is 14.2. The van der Waals surface area contributed by atoms with Crippen molar-refractivity contribution in [2.24, 2.45) is 11.8 Å². The number of alkyl halides is 1. The van der Waals surface area contributed by atoms with Gasteiger partial charge in [0.2, 0.25) is 0 Å². The molecule has 1 heteroatoms. The molecule has 0 amide bonds. The van der Waals surface area contributed by atoms with Gasteiger partial charge in [0.1, 0.15) is 6.17 Å². The highest BCUT2D eigenvalue weighted by Gasteiger charge is 2.30. The van der Waals surface area contributed by atoms with Gasteiger partial charge in [0.25, 0.3) is 0 Å². The topological polar surface area (TPSA) is 0 Å². The molecule has 0 spiro atoms. The first-order valence-electron chi connectivity index (χ1n) is 6.52. The minimum Gasteiger partial charge on any atom is -0.247 e. The summed E-state index contributed by atoms with van der Waals surface area (Å²) in [5.74, 6) is 0.846. The van der Waals surface area contributed by atoms with E-state index in [0.29, 0.717) is 11.8 Å². The van der Waals surface area contributed by atoms with Gasteiger partial charge in [-0.05, 0) is 37.5 Å². The van der Waals surface area contributed by atoms with Crippen molar-refractivity contribution in [3.63, 3.8) is 0 Å². The fourth-order valence-corrected chi connectivity index (χ4v) is 3.29. The highest BCUT2D eigenvalue weighted by Crippen LogP contribution is 2.37. The van der Waals surface area contributed by atoms with Crippen LogP contribution in [-0.2, 0) is 0 Å². The van der Waals surface area contributed by atoms with Crippen molar-refractivity contribution in [1.29, 1.82) is 0 Å². The third-order valence-electron chi connectivity index (χ3n) is 4.20. The van der Waals surface area contributed by atoms with Crippen molar-refractivity contribution < 1.29 is 4.39 Å². The second-order valence-corrected chi connectivity index (χ2v) is 5.24. The molecule has 0 radical (unpaired) electrons. The maximum atomic E-state index is 14.2. The van der Waals surface area contributed by atoms with Crippen LogP contribution in [0, 0.1) is 11.8 Å². The Morgan fingerprint density at radius 1 is 0.643 bits per heavy atom. The summed E-state index contributed by atoms with van der Waals surface area (Å²) in [7, 11) is 0. The lowest BCUT2D eigenvalue weighted by Crippen LogP contribution is -2.28. The van der Waals surface area contributed by atoms with Gasteiger partial charge in [-0.15, -0.1) is 0 Å². The molecule has 14 heavy (non-hydrogen) atoms. The molecule has 0 heterocycles. The van der Waals surface area contributed by atoms with E-state index >= 15 is 0 Å². The molecule has 2 rings (SSSR count). The molecular weight excluding hydrogens is 174 g/mol. The van der Waals surface area contributed by atoms with Crippen LogP contribution in [0.5, 0.6) is 0 Å². The van der Waals surface area contributed by atoms with Crippen molar-refractivity contribution in [3.05, 3.63) is 0 Å². The summed E-state index contributed by atoms with van der Waals surface area (Å²) in [4.78, 5) is 0. The third-order valence-corrected chi connectivity index (χ3v) is 4.20. The summed E-state index contributed by atoms with van der Waals surface area (Å²) < 4.78 is 14.2. The average molecular weight is 197 g/mol. The molecule has 0 nitrogen and oxygen atoms in total. The predicted octanol–water partition coefficient (Wildman–Crippen LogP) is 4.49. The summed E-state index contributed by atoms with van der Waals surface area (Å²) in [6.07, 6.45) is 12.0. The molecule has 82 valence electrons. The van der Waals surface area contributed by atoms with Crippen LogP contribution in [0.2, 0.25) is 0 Å². The first-order valence-corrected chi connectivity index (χ1v) is 6.52. The quantitative estimate of drug-likeness (QED) is 0.612. The zero-order valence-electron chi connectivity index (χ0n) is 9.18. The minimum atomic E-state index is -0.462. The van der Waals surface area contributed by atoms with Crippen LogP contribution in [0.3, 0.4) is 0 Å². The molecule has 0 N–H and O–H groups in total. The van der Waals surface area contributed by atoms with Gasteiger partial charge in [-0.3, -0.25) is 0 Å². The van der Waals surface area contributed by atoms with Gasteiger partial charge in [0.15, 0.2) is 0 Å². The molecule has 2 fully saturated rings. The molecule has 0 bridgehead atoms. The van der Waals surface area contributed by atoms with Crippen LogP contribution in [0.1, 0.15) is 64.2 Å². The van der Waals surface area contributed by atoms with Crippen LogP contribution in [0.25, 0.3) is 0 Å². The van der Waals surface area contributed by atoms with E-state index in [1.807, 2.05) is 0 Å². The molecule has 2 saturated carbocycles. The van der Waals surface area contributed by atoms with E-state index in [1.54, 1.807) is 0 Å². The Morgan fingerprint density at radius 3 is 1.36 bits per heavy atom. The first-order chi connectivity index (χ1) is 6.88. The zero-order valence-corrected chi connectivity index (χ0v) is 9.18. The second kappa shape index (κ2) is 5.14. The van der Waals surface area contributed by atoms with Gasteiger partial charge in [0, 0.05) is 0 Å². The van der Waals surface area contributed by atoms with E-state index in [1.165, 1.54) is 38.5 Å². The van der Waals surface area contributed by atoms with Crippen LogP contribution in [0.4, 0.5) is 4.39 Å². The Kier molecular flexibility index (Phi) is 3.83. The van der Waals surface area contributed by atoms with Crippen molar-refractivity contribution >= 4 is 0 Å². The van der Waals surface area contributed by atoms with Crippen molar-refractivity contribution in [2.45, 2.75) is 70.4 Å². The smallest absolute Gasteiger partial charge is 0.106 e. The Bertz CT molecular complexity index is 137. The summed E-state index contributed by atoms with van der Waals surface area (Å²) in [5, 5.41) is 0.